The van der Waals surface area contributed by atoms with Crippen molar-refractivity contribution in [1.82, 2.24) is 9.97 Å². The van der Waals surface area contributed by atoms with Gasteiger partial charge in [-0.1, -0.05) is 24.9 Å². The van der Waals surface area contributed by atoms with Crippen LogP contribution in [0.5, 0.6) is 11.5 Å². The molecule has 1 aliphatic rings. The van der Waals surface area contributed by atoms with Gasteiger partial charge >= 0.3 is 0 Å². The summed E-state index contributed by atoms with van der Waals surface area (Å²) < 4.78 is 11.1. The van der Waals surface area contributed by atoms with Gasteiger partial charge in [0.25, 0.3) is 0 Å². The number of rotatable bonds is 4. The zero-order valence-electron chi connectivity index (χ0n) is 15.0. The molecule has 6 nitrogen and oxygen atoms in total. The number of hydrogen-bond donors (Lipinski definition) is 1. The van der Waals surface area contributed by atoms with Crippen molar-refractivity contribution in [3.05, 3.63) is 34.7 Å². The van der Waals surface area contributed by atoms with Gasteiger partial charge in [-0.25, -0.2) is 9.97 Å². The number of halogens is 1. The van der Waals surface area contributed by atoms with Gasteiger partial charge in [0, 0.05) is 25.2 Å². The average molecular weight is 363 g/mol. The number of hydrogen-bond acceptors (Lipinski definition) is 6. The number of ether oxygens (including phenoxy) is 2. The Balaban J connectivity index is 2.19. The van der Waals surface area contributed by atoms with Crippen molar-refractivity contribution in [2.75, 3.05) is 31.5 Å². The van der Waals surface area contributed by atoms with E-state index in [1.165, 1.54) is 6.33 Å². The highest BCUT2D eigenvalue weighted by atomic mass is 35.5. The van der Waals surface area contributed by atoms with Gasteiger partial charge in [0.1, 0.15) is 23.5 Å². The molecule has 0 radical (unpaired) electrons. The minimum atomic E-state index is 0.0526. The monoisotopic (exact) mass is 362 g/mol. The highest BCUT2D eigenvalue weighted by molar-refractivity contribution is 6.32. The molecule has 2 heterocycles. The Morgan fingerprint density at radius 3 is 2.76 bits per heavy atom. The summed E-state index contributed by atoms with van der Waals surface area (Å²) in [6, 6.07) is 4.04. The molecule has 1 atom stereocenters. The number of anilines is 2. The summed E-state index contributed by atoms with van der Waals surface area (Å²) in [5.74, 6) is 2.37. The zero-order chi connectivity index (χ0) is 18.0. The van der Waals surface area contributed by atoms with E-state index >= 15 is 0 Å². The van der Waals surface area contributed by atoms with Crippen LogP contribution < -0.4 is 19.7 Å². The lowest BCUT2D eigenvalue weighted by atomic mass is 9.94. The highest BCUT2D eigenvalue weighted by Gasteiger charge is 2.27. The van der Waals surface area contributed by atoms with Crippen molar-refractivity contribution in [3.63, 3.8) is 0 Å². The molecule has 1 unspecified atom stereocenters. The van der Waals surface area contributed by atoms with E-state index in [1.54, 1.807) is 14.2 Å². The molecule has 0 aliphatic carbocycles. The first-order valence-electron chi connectivity index (χ1n) is 8.32. The molecule has 2 aromatic rings. The van der Waals surface area contributed by atoms with Crippen LogP contribution in [-0.2, 0) is 6.54 Å². The Hall–Kier alpha value is -2.21. The molecule has 1 aromatic heterocycles. The van der Waals surface area contributed by atoms with Gasteiger partial charge in [0.05, 0.1) is 20.3 Å². The predicted octanol–water partition coefficient (Wildman–Crippen LogP) is 4.05. The zero-order valence-corrected chi connectivity index (χ0v) is 15.7. The Bertz CT molecular complexity index is 769. The molecule has 0 spiro atoms. The summed E-state index contributed by atoms with van der Waals surface area (Å²) in [4.78, 5) is 10.6. The maximum Gasteiger partial charge on any atom is 0.157 e. The van der Waals surface area contributed by atoms with Crippen molar-refractivity contribution in [2.45, 2.75) is 32.4 Å². The van der Waals surface area contributed by atoms with E-state index in [0.29, 0.717) is 11.7 Å². The van der Waals surface area contributed by atoms with Gasteiger partial charge in [-0.15, -0.1) is 0 Å². The van der Waals surface area contributed by atoms with E-state index in [4.69, 9.17) is 21.1 Å². The van der Waals surface area contributed by atoms with Crippen LogP contribution in [0.4, 0.5) is 11.5 Å². The first-order valence-corrected chi connectivity index (χ1v) is 8.69. The smallest absolute Gasteiger partial charge is 0.157 e. The lowest BCUT2D eigenvalue weighted by molar-refractivity contribution is 0.387. The van der Waals surface area contributed by atoms with Crippen LogP contribution in [-0.4, -0.2) is 31.2 Å². The van der Waals surface area contributed by atoms with Crippen LogP contribution >= 0.6 is 11.6 Å². The van der Waals surface area contributed by atoms with Gasteiger partial charge in [0.2, 0.25) is 0 Å². The van der Waals surface area contributed by atoms with Gasteiger partial charge in [-0.3, -0.25) is 0 Å². The third-order valence-electron chi connectivity index (χ3n) is 4.45. The van der Waals surface area contributed by atoms with E-state index in [1.807, 2.05) is 13.1 Å². The van der Waals surface area contributed by atoms with Crippen molar-refractivity contribution >= 4 is 23.1 Å². The van der Waals surface area contributed by atoms with E-state index in [-0.39, 0.29) is 6.04 Å². The maximum atomic E-state index is 6.36. The van der Waals surface area contributed by atoms with Crippen molar-refractivity contribution in [3.8, 4) is 11.5 Å². The standard InChI is InChI=1S/C18H23ClN4O2/c1-5-6-13-15-11(7-12(24-3)8-14(15)25-4)9-23(2)18-16(22-13)17(19)20-10-21-18/h7-8,10,13,22H,5-6,9H2,1-4H3. The fraction of sp³-hybridized carbons (Fsp3) is 0.444. The minimum Gasteiger partial charge on any atom is -0.497 e. The first-order chi connectivity index (χ1) is 12.1. The van der Waals surface area contributed by atoms with Crippen molar-refractivity contribution < 1.29 is 9.47 Å². The first kappa shape index (κ1) is 17.6. The van der Waals surface area contributed by atoms with E-state index in [2.05, 4.69) is 33.2 Å². The highest BCUT2D eigenvalue weighted by Crippen LogP contribution is 2.42. The van der Waals surface area contributed by atoms with Crippen LogP contribution in [0.3, 0.4) is 0 Å². The molecule has 1 aliphatic heterocycles. The van der Waals surface area contributed by atoms with E-state index in [0.717, 1.165) is 47.0 Å². The van der Waals surface area contributed by atoms with E-state index in [9.17, 15) is 0 Å². The lowest BCUT2D eigenvalue weighted by Gasteiger charge is -2.32. The molecule has 7 heteroatoms. The Morgan fingerprint density at radius 1 is 1.28 bits per heavy atom. The summed E-state index contributed by atoms with van der Waals surface area (Å²) in [7, 11) is 5.34. The number of methoxy groups -OCH3 is 2. The molecule has 0 bridgehead atoms. The Labute approximate surface area is 153 Å². The van der Waals surface area contributed by atoms with Gasteiger partial charge < -0.3 is 19.7 Å². The van der Waals surface area contributed by atoms with Crippen molar-refractivity contribution in [1.29, 1.82) is 0 Å². The predicted molar refractivity (Wildman–Crippen MR) is 100.0 cm³/mol. The SMILES string of the molecule is CCCC1Nc2c(Cl)ncnc2N(C)Cc2cc(OC)cc(OC)c21. The summed E-state index contributed by atoms with van der Waals surface area (Å²) in [6.07, 6.45) is 3.44. The fourth-order valence-electron chi connectivity index (χ4n) is 3.32. The van der Waals surface area contributed by atoms with Crippen LogP contribution in [0, 0.1) is 0 Å². The summed E-state index contributed by atoms with van der Waals surface area (Å²) >= 11 is 6.36. The van der Waals surface area contributed by atoms with Crippen LogP contribution in [0.1, 0.15) is 36.9 Å². The van der Waals surface area contributed by atoms with Gasteiger partial charge in [0.15, 0.2) is 11.0 Å². The number of nitrogens with zero attached hydrogens (tertiary/aromatic N) is 3. The topological polar surface area (TPSA) is 59.5 Å². The molecule has 0 fully saturated rings. The van der Waals surface area contributed by atoms with Gasteiger partial charge in [-0.2, -0.15) is 0 Å². The second-order valence-electron chi connectivity index (χ2n) is 6.11. The van der Waals surface area contributed by atoms with Crippen LogP contribution in [0.25, 0.3) is 0 Å². The molecular formula is C18H23ClN4O2. The second-order valence-corrected chi connectivity index (χ2v) is 6.47. The quantitative estimate of drug-likeness (QED) is 0.828. The van der Waals surface area contributed by atoms with E-state index < -0.39 is 0 Å². The maximum absolute atomic E-state index is 6.36. The molecule has 134 valence electrons. The van der Waals surface area contributed by atoms with Gasteiger partial charge in [-0.05, 0) is 18.1 Å². The molecule has 0 saturated heterocycles. The Morgan fingerprint density at radius 2 is 2.08 bits per heavy atom. The number of fused-ring (bicyclic) bond motifs is 2. The third kappa shape index (κ3) is 3.31. The molecule has 3 rings (SSSR count). The number of benzene rings is 1. The third-order valence-corrected chi connectivity index (χ3v) is 4.74. The minimum absolute atomic E-state index is 0.0526. The fourth-order valence-corrected chi connectivity index (χ4v) is 3.50. The van der Waals surface area contributed by atoms with Crippen molar-refractivity contribution in [2.24, 2.45) is 0 Å². The molecule has 0 saturated carbocycles. The normalized spacial score (nSPS) is 16.2. The number of aromatic nitrogens is 2. The summed E-state index contributed by atoms with van der Waals surface area (Å²) in [6.45, 7) is 2.83. The molecule has 25 heavy (non-hydrogen) atoms. The number of nitrogens with one attached hydrogen (secondary N) is 1. The summed E-state index contributed by atoms with van der Waals surface area (Å²) in [5.41, 5.74) is 3.03. The lowest BCUT2D eigenvalue weighted by Crippen LogP contribution is -2.26. The average Bonchev–Trinajstić information content (AvgIpc) is 2.60. The summed E-state index contributed by atoms with van der Waals surface area (Å²) in [5, 5.41) is 3.97. The van der Waals surface area contributed by atoms with Crippen LogP contribution in [0.2, 0.25) is 5.15 Å². The second kappa shape index (κ2) is 7.35. The molecule has 0 amide bonds. The molecular weight excluding hydrogens is 340 g/mol. The largest absolute Gasteiger partial charge is 0.497 e. The van der Waals surface area contributed by atoms with Crippen LogP contribution in [0.15, 0.2) is 18.5 Å². The molecule has 1 aromatic carbocycles. The molecule has 1 N–H and O–H groups in total. The Kier molecular flexibility index (Phi) is 5.18.